The lowest BCUT2D eigenvalue weighted by Gasteiger charge is -2.19. The highest BCUT2D eigenvalue weighted by atomic mass is 16.6. The second-order valence-corrected chi connectivity index (χ2v) is 8.84. The number of hydrogen-bond acceptors (Lipinski definition) is 8. The Morgan fingerprint density at radius 3 is 1.86 bits per heavy atom. The fraction of sp³-hybridized carbons (Fsp3) is 0.692. The van der Waals surface area contributed by atoms with Crippen molar-refractivity contribution in [3.8, 4) is 5.75 Å². The van der Waals surface area contributed by atoms with Gasteiger partial charge in [0.1, 0.15) is 11.4 Å². The summed E-state index contributed by atoms with van der Waals surface area (Å²) in [6, 6.07) is 7.89. The Balaban J connectivity index is 1.81. The molecule has 0 aromatic heterocycles. The third-order valence-electron chi connectivity index (χ3n) is 4.58. The number of nitrogens with one attached hydrogen (secondary N) is 1. The third-order valence-corrected chi connectivity index (χ3v) is 4.58. The number of carbonyl (C=O) groups excluding carboxylic acids is 2. The molecule has 1 amide bonds. The minimum absolute atomic E-state index is 0.0318. The highest BCUT2D eigenvalue weighted by Crippen LogP contribution is 2.13. The van der Waals surface area contributed by atoms with Crippen molar-refractivity contribution in [3.63, 3.8) is 0 Å². The molecule has 0 unspecified atom stereocenters. The zero-order chi connectivity index (χ0) is 25.8. The predicted molar refractivity (Wildman–Crippen MR) is 133 cm³/mol. The summed E-state index contributed by atoms with van der Waals surface area (Å²) in [4.78, 5) is 23.4. The summed E-state index contributed by atoms with van der Waals surface area (Å²) < 4.78 is 32.0. The van der Waals surface area contributed by atoms with E-state index >= 15 is 0 Å². The molecule has 200 valence electrons. The molecule has 9 heteroatoms. The number of benzene rings is 1. The quantitative estimate of drug-likeness (QED) is 0.217. The molecule has 0 saturated heterocycles. The Labute approximate surface area is 209 Å². The highest BCUT2D eigenvalue weighted by Gasteiger charge is 2.15. The van der Waals surface area contributed by atoms with Crippen LogP contribution in [0.25, 0.3) is 0 Å². The van der Waals surface area contributed by atoms with Gasteiger partial charge in [0.05, 0.1) is 66.4 Å². The third kappa shape index (κ3) is 18.8. The van der Waals surface area contributed by atoms with Crippen LogP contribution in [0, 0.1) is 0 Å². The average molecular weight is 498 g/mol. The van der Waals surface area contributed by atoms with Crippen LogP contribution < -0.4 is 10.1 Å². The van der Waals surface area contributed by atoms with Gasteiger partial charge in [-0.05, 0) is 51.3 Å². The first-order valence-corrected chi connectivity index (χ1v) is 12.2. The smallest absolute Gasteiger partial charge is 0.308 e. The van der Waals surface area contributed by atoms with Gasteiger partial charge in [0, 0.05) is 13.0 Å². The molecule has 0 radical (unpaired) electrons. The van der Waals surface area contributed by atoms with Crippen LogP contribution in [0.5, 0.6) is 5.75 Å². The monoisotopic (exact) mass is 497 g/mol. The van der Waals surface area contributed by atoms with Gasteiger partial charge in [0.15, 0.2) is 0 Å². The summed E-state index contributed by atoms with van der Waals surface area (Å²) in [6.07, 6.45) is 2.38. The molecule has 1 aromatic rings. The highest BCUT2D eigenvalue weighted by molar-refractivity contribution is 5.75. The van der Waals surface area contributed by atoms with E-state index in [2.05, 4.69) is 5.32 Å². The number of methoxy groups -OCH3 is 1. The zero-order valence-electron chi connectivity index (χ0n) is 21.8. The summed E-state index contributed by atoms with van der Waals surface area (Å²) in [5.74, 6) is 0.599. The van der Waals surface area contributed by atoms with Gasteiger partial charge < -0.3 is 33.7 Å². The van der Waals surface area contributed by atoms with Gasteiger partial charge in [-0.2, -0.15) is 0 Å². The molecule has 35 heavy (non-hydrogen) atoms. The van der Waals surface area contributed by atoms with E-state index in [1.165, 1.54) is 5.56 Å². The maximum absolute atomic E-state index is 11.9. The predicted octanol–water partition coefficient (Wildman–Crippen LogP) is 2.93. The Morgan fingerprint density at radius 2 is 1.31 bits per heavy atom. The molecule has 1 N–H and O–H groups in total. The van der Waals surface area contributed by atoms with Gasteiger partial charge in [-0.3, -0.25) is 9.59 Å². The minimum Gasteiger partial charge on any atom is -0.497 e. The standard InChI is InChI=1S/C26H43NO8/c1-26(2,3)35-25(29)12-14-31-16-18-33-20-21-34-19-17-32-15-13-27-24(28)7-5-6-22-8-10-23(30-4)11-9-22/h8-11H,5-7,12-21H2,1-4H3,(H,27,28). The van der Waals surface area contributed by atoms with E-state index in [0.29, 0.717) is 65.8 Å². The summed E-state index contributed by atoms with van der Waals surface area (Å²) in [5.41, 5.74) is 0.719. The van der Waals surface area contributed by atoms with E-state index in [1.54, 1.807) is 7.11 Å². The molecular formula is C26H43NO8. The number of amides is 1. The van der Waals surface area contributed by atoms with Crippen LogP contribution in [0.4, 0.5) is 0 Å². The Morgan fingerprint density at radius 1 is 0.771 bits per heavy atom. The number of hydrogen-bond donors (Lipinski definition) is 1. The SMILES string of the molecule is COc1ccc(CCCC(=O)NCCOCCOCCOCCOCCC(=O)OC(C)(C)C)cc1. The largest absolute Gasteiger partial charge is 0.497 e. The lowest BCUT2D eigenvalue weighted by molar-refractivity contribution is -0.156. The van der Waals surface area contributed by atoms with Gasteiger partial charge in [-0.15, -0.1) is 0 Å². The van der Waals surface area contributed by atoms with Gasteiger partial charge in [0.2, 0.25) is 5.91 Å². The van der Waals surface area contributed by atoms with Crippen molar-refractivity contribution in [1.29, 1.82) is 0 Å². The van der Waals surface area contributed by atoms with Crippen molar-refractivity contribution in [1.82, 2.24) is 5.32 Å². The number of aryl methyl sites for hydroxylation is 1. The molecule has 0 aliphatic heterocycles. The molecule has 0 aliphatic rings. The van der Waals surface area contributed by atoms with Crippen molar-refractivity contribution in [3.05, 3.63) is 29.8 Å². The van der Waals surface area contributed by atoms with Crippen LogP contribution >= 0.6 is 0 Å². The maximum atomic E-state index is 11.9. The number of esters is 1. The lowest BCUT2D eigenvalue weighted by atomic mass is 10.1. The zero-order valence-corrected chi connectivity index (χ0v) is 21.8. The van der Waals surface area contributed by atoms with E-state index in [4.69, 9.17) is 28.4 Å². The minimum atomic E-state index is -0.472. The molecular weight excluding hydrogens is 454 g/mol. The Hall–Kier alpha value is -2.20. The first-order chi connectivity index (χ1) is 16.8. The topological polar surface area (TPSA) is 102 Å². The molecule has 1 rings (SSSR count). The average Bonchev–Trinajstić information content (AvgIpc) is 2.81. The number of ether oxygens (including phenoxy) is 6. The summed E-state index contributed by atoms with van der Waals surface area (Å²) >= 11 is 0. The van der Waals surface area contributed by atoms with E-state index in [-0.39, 0.29) is 18.3 Å². The fourth-order valence-electron chi connectivity index (χ4n) is 2.91. The molecule has 0 saturated carbocycles. The van der Waals surface area contributed by atoms with Crippen LogP contribution in [-0.4, -0.2) is 84.0 Å². The van der Waals surface area contributed by atoms with Crippen molar-refractivity contribution < 1.29 is 38.0 Å². The summed E-state index contributed by atoms with van der Waals surface area (Å²) in [5, 5.41) is 2.86. The van der Waals surface area contributed by atoms with Gasteiger partial charge in [-0.25, -0.2) is 0 Å². The molecule has 9 nitrogen and oxygen atoms in total. The molecule has 0 bridgehead atoms. The fourth-order valence-corrected chi connectivity index (χ4v) is 2.91. The molecule has 0 heterocycles. The first kappa shape index (κ1) is 30.8. The van der Waals surface area contributed by atoms with Crippen molar-refractivity contribution in [2.45, 2.75) is 52.1 Å². The van der Waals surface area contributed by atoms with Crippen LogP contribution in [0.1, 0.15) is 45.6 Å². The van der Waals surface area contributed by atoms with Crippen molar-refractivity contribution in [2.75, 3.05) is 66.5 Å². The maximum Gasteiger partial charge on any atom is 0.308 e. The second kappa shape index (κ2) is 19.0. The number of carbonyl (C=O) groups is 2. The first-order valence-electron chi connectivity index (χ1n) is 12.2. The van der Waals surface area contributed by atoms with Crippen LogP contribution in [0.2, 0.25) is 0 Å². The van der Waals surface area contributed by atoms with E-state index in [9.17, 15) is 9.59 Å². The summed E-state index contributed by atoms with van der Waals surface area (Å²) in [7, 11) is 1.64. The summed E-state index contributed by atoms with van der Waals surface area (Å²) in [6.45, 7) is 9.46. The van der Waals surface area contributed by atoms with Gasteiger partial charge >= 0.3 is 5.97 Å². The molecule has 0 spiro atoms. The van der Waals surface area contributed by atoms with Crippen molar-refractivity contribution >= 4 is 11.9 Å². The van der Waals surface area contributed by atoms with E-state index < -0.39 is 5.60 Å². The lowest BCUT2D eigenvalue weighted by Crippen LogP contribution is -2.27. The van der Waals surface area contributed by atoms with Crippen LogP contribution in [0.3, 0.4) is 0 Å². The normalized spacial score (nSPS) is 11.3. The van der Waals surface area contributed by atoms with Crippen LogP contribution in [-0.2, 0) is 39.7 Å². The van der Waals surface area contributed by atoms with Gasteiger partial charge in [0.25, 0.3) is 0 Å². The van der Waals surface area contributed by atoms with Gasteiger partial charge in [-0.1, -0.05) is 12.1 Å². The molecule has 0 fully saturated rings. The second-order valence-electron chi connectivity index (χ2n) is 8.84. The van der Waals surface area contributed by atoms with Crippen LogP contribution in [0.15, 0.2) is 24.3 Å². The van der Waals surface area contributed by atoms with E-state index in [0.717, 1.165) is 18.6 Å². The molecule has 0 atom stereocenters. The van der Waals surface area contributed by atoms with Crippen molar-refractivity contribution in [2.24, 2.45) is 0 Å². The molecule has 0 aliphatic carbocycles. The molecule has 1 aromatic carbocycles. The Bertz CT molecular complexity index is 688. The Kier molecular flexibility index (Phi) is 16.8. The van der Waals surface area contributed by atoms with E-state index in [1.807, 2.05) is 45.0 Å². The number of rotatable bonds is 20.